The zero-order chi connectivity index (χ0) is 11.0. The Morgan fingerprint density at radius 2 is 2.19 bits per heavy atom. The maximum atomic E-state index is 5.33. The van der Waals surface area contributed by atoms with Crippen LogP contribution in [0.3, 0.4) is 0 Å². The van der Waals surface area contributed by atoms with Gasteiger partial charge in [-0.2, -0.15) is 12.6 Å². The zero-order valence-corrected chi connectivity index (χ0v) is 10.1. The topological polar surface area (TPSA) is 31.4 Å². The lowest BCUT2D eigenvalue weighted by molar-refractivity contribution is 0.174. The molecule has 0 unspecified atom stereocenters. The molecule has 3 rings (SSSR count). The summed E-state index contributed by atoms with van der Waals surface area (Å²) in [5.41, 5.74) is 2.01. The summed E-state index contributed by atoms with van der Waals surface area (Å²) in [6.07, 6.45) is 0. The molecule has 1 aliphatic rings. The molecule has 0 amide bonds. The molecular formula is C11H9NO2S2. The highest BCUT2D eigenvalue weighted by Crippen LogP contribution is 2.36. The van der Waals surface area contributed by atoms with E-state index < -0.39 is 0 Å². The van der Waals surface area contributed by atoms with E-state index in [4.69, 9.17) is 9.47 Å². The van der Waals surface area contributed by atoms with Gasteiger partial charge in [0.25, 0.3) is 0 Å². The number of fused-ring (bicyclic) bond motifs is 1. The van der Waals surface area contributed by atoms with Crippen molar-refractivity contribution in [3.63, 3.8) is 0 Å². The van der Waals surface area contributed by atoms with E-state index in [1.165, 1.54) is 0 Å². The average Bonchev–Trinajstić information content (AvgIpc) is 2.96. The first-order valence-corrected chi connectivity index (χ1v) is 6.33. The van der Waals surface area contributed by atoms with E-state index in [9.17, 15) is 0 Å². The van der Waals surface area contributed by atoms with Crippen LogP contribution in [0.5, 0.6) is 11.5 Å². The van der Waals surface area contributed by atoms with Gasteiger partial charge in [0.05, 0.1) is 5.69 Å². The van der Waals surface area contributed by atoms with Crippen LogP contribution in [0.25, 0.3) is 11.3 Å². The molecule has 0 atom stereocenters. The van der Waals surface area contributed by atoms with Crippen molar-refractivity contribution in [1.29, 1.82) is 0 Å². The van der Waals surface area contributed by atoms with Gasteiger partial charge in [-0.3, -0.25) is 0 Å². The summed E-state index contributed by atoms with van der Waals surface area (Å²) >= 11 is 5.82. The molecule has 2 aromatic rings. The largest absolute Gasteiger partial charge is 0.454 e. The summed E-state index contributed by atoms with van der Waals surface area (Å²) in [7, 11) is 0. The third kappa shape index (κ3) is 1.66. The second kappa shape index (κ2) is 3.99. The fourth-order valence-electron chi connectivity index (χ4n) is 1.57. The highest BCUT2D eigenvalue weighted by Gasteiger charge is 2.14. The fraction of sp³-hybridized carbons (Fsp3) is 0.182. The van der Waals surface area contributed by atoms with Gasteiger partial charge in [0.15, 0.2) is 11.5 Å². The molecule has 0 fully saturated rings. The first-order valence-electron chi connectivity index (χ1n) is 4.82. The molecule has 0 radical (unpaired) electrons. The molecule has 82 valence electrons. The minimum atomic E-state index is 0.303. The Hall–Kier alpha value is -1.20. The average molecular weight is 251 g/mol. The van der Waals surface area contributed by atoms with Crippen LogP contribution in [0.15, 0.2) is 23.6 Å². The highest BCUT2D eigenvalue weighted by atomic mass is 32.1. The summed E-state index contributed by atoms with van der Waals surface area (Å²) in [5.74, 6) is 2.26. The lowest BCUT2D eigenvalue weighted by atomic mass is 10.1. The lowest BCUT2D eigenvalue weighted by Gasteiger charge is -1.99. The molecule has 0 aliphatic carbocycles. The molecule has 0 saturated carbocycles. The fourth-order valence-corrected chi connectivity index (χ4v) is 2.53. The van der Waals surface area contributed by atoms with Crippen LogP contribution >= 0.6 is 24.0 Å². The number of hydrogen-bond donors (Lipinski definition) is 1. The molecule has 2 heterocycles. The lowest BCUT2D eigenvalue weighted by Crippen LogP contribution is -1.92. The molecule has 5 heteroatoms. The van der Waals surface area contributed by atoms with Gasteiger partial charge in [0, 0.05) is 16.7 Å². The highest BCUT2D eigenvalue weighted by molar-refractivity contribution is 7.79. The van der Waals surface area contributed by atoms with Crippen molar-refractivity contribution in [2.75, 3.05) is 6.79 Å². The number of rotatable bonds is 2. The van der Waals surface area contributed by atoms with Crippen molar-refractivity contribution >= 4 is 24.0 Å². The molecule has 0 N–H and O–H groups in total. The van der Waals surface area contributed by atoms with Crippen molar-refractivity contribution in [3.05, 3.63) is 28.6 Å². The Morgan fingerprint density at radius 1 is 1.31 bits per heavy atom. The quantitative estimate of drug-likeness (QED) is 0.833. The van der Waals surface area contributed by atoms with Gasteiger partial charge in [-0.25, -0.2) is 4.98 Å². The van der Waals surface area contributed by atoms with E-state index >= 15 is 0 Å². The molecular weight excluding hydrogens is 242 g/mol. The second-order valence-electron chi connectivity index (χ2n) is 3.35. The predicted octanol–water partition coefficient (Wildman–Crippen LogP) is 2.97. The van der Waals surface area contributed by atoms with Crippen LogP contribution in [0.2, 0.25) is 0 Å². The molecule has 16 heavy (non-hydrogen) atoms. The van der Waals surface area contributed by atoms with Crippen LogP contribution < -0.4 is 9.47 Å². The Labute approximate surface area is 102 Å². The Balaban J connectivity index is 2.00. The first-order chi connectivity index (χ1) is 7.86. The third-order valence-electron chi connectivity index (χ3n) is 2.36. The molecule has 0 spiro atoms. The van der Waals surface area contributed by atoms with E-state index in [0.29, 0.717) is 12.5 Å². The molecule has 1 aliphatic heterocycles. The van der Waals surface area contributed by atoms with E-state index in [1.54, 1.807) is 11.3 Å². The summed E-state index contributed by atoms with van der Waals surface area (Å²) in [6.45, 7) is 0.303. The third-order valence-corrected chi connectivity index (χ3v) is 3.72. The van der Waals surface area contributed by atoms with Gasteiger partial charge >= 0.3 is 0 Å². The Kier molecular flexibility index (Phi) is 2.49. The van der Waals surface area contributed by atoms with Crippen molar-refractivity contribution in [1.82, 2.24) is 4.98 Å². The Morgan fingerprint density at radius 3 is 3.00 bits per heavy atom. The summed E-state index contributed by atoms with van der Waals surface area (Å²) < 4.78 is 10.6. The van der Waals surface area contributed by atoms with Crippen molar-refractivity contribution in [2.24, 2.45) is 0 Å². The van der Waals surface area contributed by atoms with Crippen LogP contribution in [-0.2, 0) is 5.75 Å². The van der Waals surface area contributed by atoms with E-state index in [0.717, 1.165) is 27.8 Å². The number of thiazole rings is 1. The SMILES string of the molecule is SCc1nc(-c2ccc3c(c2)OCO3)cs1. The molecule has 1 aromatic carbocycles. The maximum absolute atomic E-state index is 5.33. The second-order valence-corrected chi connectivity index (χ2v) is 4.61. The number of hydrogen-bond acceptors (Lipinski definition) is 5. The number of thiol groups is 1. The molecule has 1 aromatic heterocycles. The maximum Gasteiger partial charge on any atom is 0.231 e. The normalized spacial score (nSPS) is 13.1. The number of nitrogens with zero attached hydrogens (tertiary/aromatic N) is 1. The van der Waals surface area contributed by atoms with Crippen molar-refractivity contribution in [2.45, 2.75) is 5.75 Å². The van der Waals surface area contributed by atoms with Gasteiger partial charge in [-0.15, -0.1) is 11.3 Å². The monoisotopic (exact) mass is 251 g/mol. The summed E-state index contributed by atoms with van der Waals surface area (Å²) in [5, 5.41) is 3.05. The Bertz CT molecular complexity index is 524. The zero-order valence-electron chi connectivity index (χ0n) is 8.34. The van der Waals surface area contributed by atoms with Crippen molar-refractivity contribution in [3.8, 4) is 22.8 Å². The van der Waals surface area contributed by atoms with E-state index in [1.807, 2.05) is 23.6 Å². The minimum absolute atomic E-state index is 0.303. The van der Waals surface area contributed by atoms with E-state index in [2.05, 4.69) is 17.6 Å². The van der Waals surface area contributed by atoms with Crippen molar-refractivity contribution < 1.29 is 9.47 Å². The van der Waals surface area contributed by atoms with Crippen LogP contribution in [-0.4, -0.2) is 11.8 Å². The first kappa shape index (κ1) is 9.99. The van der Waals surface area contributed by atoms with Gasteiger partial charge in [-0.05, 0) is 18.2 Å². The van der Waals surface area contributed by atoms with Crippen LogP contribution in [0.1, 0.15) is 5.01 Å². The van der Waals surface area contributed by atoms with E-state index in [-0.39, 0.29) is 0 Å². The molecule has 0 bridgehead atoms. The standard InChI is InChI=1S/C11H9NO2S2/c15-4-11-12-8(5-16-11)7-1-2-9-10(3-7)14-6-13-9/h1-3,5,15H,4,6H2. The van der Waals surface area contributed by atoms with Gasteiger partial charge < -0.3 is 9.47 Å². The number of aromatic nitrogens is 1. The smallest absolute Gasteiger partial charge is 0.231 e. The number of ether oxygens (including phenoxy) is 2. The van der Waals surface area contributed by atoms with Gasteiger partial charge in [-0.1, -0.05) is 0 Å². The summed E-state index contributed by atoms with van der Waals surface area (Å²) in [6, 6.07) is 5.86. The predicted molar refractivity (Wildman–Crippen MR) is 66.4 cm³/mol. The van der Waals surface area contributed by atoms with Gasteiger partial charge in [0.2, 0.25) is 6.79 Å². The summed E-state index contributed by atoms with van der Waals surface area (Å²) in [4.78, 5) is 4.47. The number of benzene rings is 1. The molecule has 0 saturated heterocycles. The molecule has 3 nitrogen and oxygen atoms in total. The minimum Gasteiger partial charge on any atom is -0.454 e. The van der Waals surface area contributed by atoms with Crippen LogP contribution in [0.4, 0.5) is 0 Å². The van der Waals surface area contributed by atoms with Gasteiger partial charge in [0.1, 0.15) is 5.01 Å². The van der Waals surface area contributed by atoms with Crippen LogP contribution in [0, 0.1) is 0 Å².